The van der Waals surface area contributed by atoms with Gasteiger partial charge in [-0.05, 0) is 42.3 Å². The fourth-order valence-electron chi connectivity index (χ4n) is 2.78. The third-order valence-electron chi connectivity index (χ3n) is 4.08. The molecule has 1 amide bonds. The maximum Gasteiger partial charge on any atom is 0.262 e. The van der Waals surface area contributed by atoms with E-state index < -0.39 is 21.8 Å². The quantitative estimate of drug-likeness (QED) is 0.633. The van der Waals surface area contributed by atoms with Crippen LogP contribution in [0.3, 0.4) is 0 Å². The normalized spacial score (nSPS) is 18.5. The van der Waals surface area contributed by atoms with Crippen molar-refractivity contribution in [2.24, 2.45) is 0 Å². The molecule has 2 aromatic carbocycles. The summed E-state index contributed by atoms with van der Waals surface area (Å²) in [6.45, 7) is 0. The van der Waals surface area contributed by atoms with Crippen LogP contribution in [0.4, 0.5) is 0 Å². The summed E-state index contributed by atoms with van der Waals surface area (Å²) >= 11 is 0. The number of para-hydroxylation sites is 1. The molecule has 1 heterocycles. The molecule has 0 unspecified atom stereocenters. The molecule has 2 aromatic rings. The van der Waals surface area contributed by atoms with Gasteiger partial charge in [0, 0.05) is 6.04 Å². The van der Waals surface area contributed by atoms with Gasteiger partial charge in [0.05, 0.1) is 11.5 Å². The van der Waals surface area contributed by atoms with Gasteiger partial charge in [-0.1, -0.05) is 30.3 Å². The maximum absolute atomic E-state index is 12.3. The van der Waals surface area contributed by atoms with E-state index in [0.29, 0.717) is 23.5 Å². The molecule has 1 N–H and O–H groups in total. The summed E-state index contributed by atoms with van der Waals surface area (Å²) in [4.78, 5) is 12.3. The number of rotatable bonds is 5. The highest BCUT2D eigenvalue weighted by molar-refractivity contribution is 7.91. The summed E-state index contributed by atoms with van der Waals surface area (Å²) in [5, 5.41) is 11.9. The smallest absolute Gasteiger partial charge is 0.262 e. The number of carbonyl (C=O) groups excluding carboxylic acids is 1. The summed E-state index contributed by atoms with van der Waals surface area (Å²) in [5.41, 5.74) is 0.547. The Morgan fingerprint density at radius 2 is 1.89 bits per heavy atom. The topological polar surface area (TPSA) is 96.3 Å². The third kappa shape index (κ3) is 5.19. The van der Waals surface area contributed by atoms with Crippen LogP contribution in [0.5, 0.6) is 11.5 Å². The van der Waals surface area contributed by atoms with Gasteiger partial charge < -0.3 is 10.1 Å². The third-order valence-corrected chi connectivity index (χ3v) is 5.85. The molecule has 3 rings (SSSR count). The molecule has 0 aromatic heterocycles. The van der Waals surface area contributed by atoms with Crippen molar-refractivity contribution in [2.45, 2.75) is 12.5 Å². The standard InChI is InChI=1S/C20H18N2O4S/c21-13-16(20(23)22-17-9-10-27(24,25)14-17)11-15-5-4-8-19(12-15)26-18-6-2-1-3-7-18/h1-8,11-12,17H,9-10,14H2,(H,22,23)/b16-11+/t17-/m0/s1. The molecule has 27 heavy (non-hydrogen) atoms. The molecule has 1 aliphatic heterocycles. The number of carbonyl (C=O) groups is 1. The predicted molar refractivity (Wildman–Crippen MR) is 102 cm³/mol. The van der Waals surface area contributed by atoms with Crippen molar-refractivity contribution in [3.8, 4) is 17.6 Å². The van der Waals surface area contributed by atoms with E-state index in [-0.39, 0.29) is 17.1 Å². The van der Waals surface area contributed by atoms with E-state index in [2.05, 4.69) is 5.32 Å². The van der Waals surface area contributed by atoms with Crippen molar-refractivity contribution in [3.05, 3.63) is 65.7 Å². The lowest BCUT2D eigenvalue weighted by atomic mass is 10.1. The minimum Gasteiger partial charge on any atom is -0.457 e. The fourth-order valence-corrected chi connectivity index (χ4v) is 4.45. The van der Waals surface area contributed by atoms with Crippen LogP contribution in [0, 0.1) is 11.3 Å². The van der Waals surface area contributed by atoms with E-state index in [1.807, 2.05) is 36.4 Å². The molecule has 0 radical (unpaired) electrons. The van der Waals surface area contributed by atoms with E-state index in [4.69, 9.17) is 4.74 Å². The molecule has 1 atom stereocenters. The first kappa shape index (κ1) is 18.7. The Hall–Kier alpha value is -3.11. The summed E-state index contributed by atoms with van der Waals surface area (Å²) in [6.07, 6.45) is 1.82. The molecule has 0 saturated carbocycles. The van der Waals surface area contributed by atoms with E-state index >= 15 is 0 Å². The van der Waals surface area contributed by atoms with Gasteiger partial charge in [0.15, 0.2) is 9.84 Å². The van der Waals surface area contributed by atoms with Crippen LogP contribution in [0.2, 0.25) is 0 Å². The molecular formula is C20H18N2O4S. The second-order valence-corrected chi connectivity index (χ2v) is 8.46. The van der Waals surface area contributed by atoms with E-state index in [1.54, 1.807) is 24.3 Å². The molecule has 0 spiro atoms. The van der Waals surface area contributed by atoms with Gasteiger partial charge in [-0.25, -0.2) is 8.42 Å². The monoisotopic (exact) mass is 382 g/mol. The first-order valence-corrected chi connectivity index (χ1v) is 10.2. The number of hydrogen-bond acceptors (Lipinski definition) is 5. The Labute approximate surface area is 158 Å². The molecule has 6 nitrogen and oxygen atoms in total. The minimum absolute atomic E-state index is 0.0580. The summed E-state index contributed by atoms with van der Waals surface area (Å²) in [5.74, 6) is 0.656. The molecule has 1 fully saturated rings. The number of nitrogens with zero attached hydrogens (tertiary/aromatic N) is 1. The van der Waals surface area contributed by atoms with E-state index in [0.717, 1.165) is 0 Å². The average Bonchev–Trinajstić information content (AvgIpc) is 2.99. The maximum atomic E-state index is 12.3. The van der Waals surface area contributed by atoms with Crippen molar-refractivity contribution < 1.29 is 17.9 Å². The summed E-state index contributed by atoms with van der Waals surface area (Å²) in [7, 11) is -3.10. The van der Waals surface area contributed by atoms with Gasteiger partial charge in [0.25, 0.3) is 5.91 Å². The van der Waals surface area contributed by atoms with Gasteiger partial charge >= 0.3 is 0 Å². The zero-order valence-electron chi connectivity index (χ0n) is 14.5. The average molecular weight is 382 g/mol. The van der Waals surface area contributed by atoms with Crippen LogP contribution >= 0.6 is 0 Å². The van der Waals surface area contributed by atoms with Crippen molar-refractivity contribution in [1.82, 2.24) is 5.32 Å². The van der Waals surface area contributed by atoms with Gasteiger partial charge in [0.2, 0.25) is 0 Å². The van der Waals surface area contributed by atoms with Crippen LogP contribution in [0.1, 0.15) is 12.0 Å². The number of benzene rings is 2. The second-order valence-electron chi connectivity index (χ2n) is 6.23. The molecule has 7 heteroatoms. The fraction of sp³-hybridized carbons (Fsp3) is 0.200. The van der Waals surface area contributed by atoms with Gasteiger partial charge in [-0.3, -0.25) is 4.79 Å². The van der Waals surface area contributed by atoms with Crippen LogP contribution in [0.15, 0.2) is 60.2 Å². The molecule has 0 aliphatic carbocycles. The number of nitriles is 1. The van der Waals surface area contributed by atoms with Crippen LogP contribution in [-0.2, 0) is 14.6 Å². The highest BCUT2D eigenvalue weighted by Gasteiger charge is 2.29. The highest BCUT2D eigenvalue weighted by atomic mass is 32.2. The Morgan fingerprint density at radius 1 is 1.15 bits per heavy atom. The Kier molecular flexibility index (Phi) is 5.57. The van der Waals surface area contributed by atoms with Gasteiger partial charge in [-0.2, -0.15) is 5.26 Å². The number of sulfone groups is 1. The molecular weight excluding hydrogens is 364 g/mol. The largest absolute Gasteiger partial charge is 0.457 e. The number of hydrogen-bond donors (Lipinski definition) is 1. The highest BCUT2D eigenvalue weighted by Crippen LogP contribution is 2.23. The van der Waals surface area contributed by atoms with Crippen molar-refractivity contribution >= 4 is 21.8 Å². The Bertz CT molecular complexity index is 1010. The molecule has 138 valence electrons. The van der Waals surface area contributed by atoms with Crippen LogP contribution < -0.4 is 10.1 Å². The Morgan fingerprint density at radius 3 is 2.56 bits per heavy atom. The number of ether oxygens (including phenoxy) is 1. The zero-order chi connectivity index (χ0) is 19.3. The van der Waals surface area contributed by atoms with E-state index in [1.165, 1.54) is 6.08 Å². The van der Waals surface area contributed by atoms with Gasteiger partial charge in [-0.15, -0.1) is 0 Å². The van der Waals surface area contributed by atoms with E-state index in [9.17, 15) is 18.5 Å². The Balaban J connectivity index is 1.72. The molecule has 0 bridgehead atoms. The van der Waals surface area contributed by atoms with Crippen molar-refractivity contribution in [1.29, 1.82) is 5.26 Å². The minimum atomic E-state index is -3.10. The van der Waals surface area contributed by atoms with Crippen molar-refractivity contribution in [3.63, 3.8) is 0 Å². The lowest BCUT2D eigenvalue weighted by Gasteiger charge is -2.10. The first-order chi connectivity index (χ1) is 12.9. The number of nitrogens with one attached hydrogen (secondary N) is 1. The first-order valence-electron chi connectivity index (χ1n) is 8.41. The predicted octanol–water partition coefficient (Wildman–Crippen LogP) is 2.69. The second kappa shape index (κ2) is 8.06. The number of amides is 1. The summed E-state index contributed by atoms with van der Waals surface area (Å²) < 4.78 is 28.7. The van der Waals surface area contributed by atoms with Crippen molar-refractivity contribution in [2.75, 3.05) is 11.5 Å². The summed E-state index contributed by atoms with van der Waals surface area (Å²) in [6, 6.07) is 17.7. The lowest BCUT2D eigenvalue weighted by Crippen LogP contribution is -2.36. The molecule has 1 aliphatic rings. The van der Waals surface area contributed by atoms with Crippen LogP contribution in [-0.4, -0.2) is 31.9 Å². The molecule has 1 saturated heterocycles. The van der Waals surface area contributed by atoms with Gasteiger partial charge in [0.1, 0.15) is 23.1 Å². The lowest BCUT2D eigenvalue weighted by molar-refractivity contribution is -0.117. The van der Waals surface area contributed by atoms with Crippen LogP contribution in [0.25, 0.3) is 6.08 Å². The zero-order valence-corrected chi connectivity index (χ0v) is 15.3. The SMILES string of the molecule is N#C/C(=C\c1cccc(Oc2ccccc2)c1)C(=O)N[C@H]1CCS(=O)(=O)C1.